The van der Waals surface area contributed by atoms with Crippen LogP contribution in [0.4, 0.5) is 0 Å². The van der Waals surface area contributed by atoms with E-state index < -0.39 is 0 Å². The summed E-state index contributed by atoms with van der Waals surface area (Å²) in [5, 5.41) is 0. The van der Waals surface area contributed by atoms with E-state index in [9.17, 15) is 0 Å². The largest absolute Gasteiger partial charge is 0.498 e. The summed E-state index contributed by atoms with van der Waals surface area (Å²) in [6.45, 7) is 3.09. The second-order valence-corrected chi connectivity index (χ2v) is 3.06. The SMILES string of the molecule is CC1C=CC2CCOC2=C1. The number of allylic oxidation sites excluding steroid dienone is 3. The molecule has 0 saturated carbocycles. The fraction of sp³-hybridized carbons (Fsp3) is 0.556. The molecule has 1 fully saturated rings. The predicted octanol–water partition coefficient (Wildman–Crippen LogP) is 2.11. The highest BCUT2D eigenvalue weighted by atomic mass is 16.5. The van der Waals surface area contributed by atoms with Crippen LogP contribution in [0.1, 0.15) is 13.3 Å². The summed E-state index contributed by atoms with van der Waals surface area (Å²) in [5.41, 5.74) is 0. The van der Waals surface area contributed by atoms with Crippen LogP contribution in [-0.4, -0.2) is 6.61 Å². The van der Waals surface area contributed by atoms with Crippen LogP contribution < -0.4 is 0 Å². The average molecular weight is 136 g/mol. The number of hydrogen-bond donors (Lipinski definition) is 0. The lowest BCUT2D eigenvalue weighted by molar-refractivity contribution is 0.258. The maximum Gasteiger partial charge on any atom is 0.0995 e. The summed E-state index contributed by atoms with van der Waals surface area (Å²) in [4.78, 5) is 0. The van der Waals surface area contributed by atoms with Crippen LogP contribution in [0.2, 0.25) is 0 Å². The minimum Gasteiger partial charge on any atom is -0.498 e. The zero-order valence-corrected chi connectivity index (χ0v) is 6.21. The molecule has 0 amide bonds. The minimum absolute atomic E-state index is 0.573. The molecule has 1 nitrogen and oxygen atoms in total. The van der Waals surface area contributed by atoms with Crippen molar-refractivity contribution in [1.29, 1.82) is 0 Å². The molecular formula is C9H12O. The Morgan fingerprint density at radius 3 is 3.30 bits per heavy atom. The molecule has 2 rings (SSSR count). The fourth-order valence-electron chi connectivity index (χ4n) is 1.54. The summed E-state index contributed by atoms with van der Waals surface area (Å²) >= 11 is 0. The Balaban J connectivity index is 2.22. The van der Waals surface area contributed by atoms with Crippen LogP contribution in [0.15, 0.2) is 24.0 Å². The molecule has 1 saturated heterocycles. The van der Waals surface area contributed by atoms with E-state index in [-0.39, 0.29) is 0 Å². The van der Waals surface area contributed by atoms with Crippen molar-refractivity contribution in [3.63, 3.8) is 0 Å². The molecule has 54 valence electrons. The molecule has 2 atom stereocenters. The Morgan fingerprint density at radius 1 is 1.50 bits per heavy atom. The normalized spacial score (nSPS) is 36.7. The molecule has 0 bridgehead atoms. The Bertz CT molecular complexity index is 191. The first-order valence-electron chi connectivity index (χ1n) is 3.89. The van der Waals surface area contributed by atoms with E-state index in [4.69, 9.17) is 4.74 Å². The first-order valence-corrected chi connectivity index (χ1v) is 3.89. The first kappa shape index (κ1) is 6.02. The molecule has 2 unspecified atom stereocenters. The van der Waals surface area contributed by atoms with Crippen LogP contribution in [0.5, 0.6) is 0 Å². The van der Waals surface area contributed by atoms with Crippen molar-refractivity contribution >= 4 is 0 Å². The number of rotatable bonds is 0. The highest BCUT2D eigenvalue weighted by molar-refractivity contribution is 5.19. The summed E-state index contributed by atoms with van der Waals surface area (Å²) < 4.78 is 5.44. The highest BCUT2D eigenvalue weighted by Gasteiger charge is 2.22. The second-order valence-electron chi connectivity index (χ2n) is 3.06. The quantitative estimate of drug-likeness (QED) is 0.463. The zero-order chi connectivity index (χ0) is 6.97. The van der Waals surface area contributed by atoms with Gasteiger partial charge in [-0.2, -0.15) is 0 Å². The lowest BCUT2D eigenvalue weighted by Crippen LogP contribution is -2.01. The van der Waals surface area contributed by atoms with Crippen molar-refractivity contribution in [2.75, 3.05) is 6.61 Å². The van der Waals surface area contributed by atoms with Gasteiger partial charge in [-0.25, -0.2) is 0 Å². The molecule has 0 aromatic heterocycles. The molecule has 2 aliphatic rings. The van der Waals surface area contributed by atoms with Crippen LogP contribution in [-0.2, 0) is 4.74 Å². The van der Waals surface area contributed by atoms with Crippen molar-refractivity contribution in [1.82, 2.24) is 0 Å². The monoisotopic (exact) mass is 136 g/mol. The number of hydrogen-bond acceptors (Lipinski definition) is 1. The Hall–Kier alpha value is -0.720. The van der Waals surface area contributed by atoms with Gasteiger partial charge in [0.05, 0.1) is 12.4 Å². The van der Waals surface area contributed by atoms with Crippen LogP contribution in [0.3, 0.4) is 0 Å². The van der Waals surface area contributed by atoms with E-state index in [0.717, 1.165) is 6.61 Å². The van der Waals surface area contributed by atoms with E-state index in [0.29, 0.717) is 11.8 Å². The van der Waals surface area contributed by atoms with E-state index in [1.54, 1.807) is 0 Å². The van der Waals surface area contributed by atoms with Gasteiger partial charge >= 0.3 is 0 Å². The van der Waals surface area contributed by atoms with Gasteiger partial charge in [0.15, 0.2) is 0 Å². The summed E-state index contributed by atoms with van der Waals surface area (Å²) in [6.07, 6.45) is 7.92. The third-order valence-electron chi connectivity index (χ3n) is 2.14. The standard InChI is InChI=1S/C9H12O/c1-7-2-3-8-4-5-10-9(8)6-7/h2-3,6-8H,4-5H2,1H3. The summed E-state index contributed by atoms with van der Waals surface area (Å²) in [7, 11) is 0. The molecule has 0 N–H and O–H groups in total. The second kappa shape index (κ2) is 2.15. The third-order valence-corrected chi connectivity index (χ3v) is 2.14. The number of ether oxygens (including phenoxy) is 1. The van der Waals surface area contributed by atoms with Crippen molar-refractivity contribution in [2.24, 2.45) is 11.8 Å². The molecule has 1 heteroatoms. The number of fused-ring (bicyclic) bond motifs is 1. The van der Waals surface area contributed by atoms with Crippen LogP contribution in [0.25, 0.3) is 0 Å². The Labute approximate surface area is 61.4 Å². The minimum atomic E-state index is 0.573. The van der Waals surface area contributed by atoms with Crippen molar-refractivity contribution in [3.05, 3.63) is 24.0 Å². The summed E-state index contributed by atoms with van der Waals surface area (Å²) in [6, 6.07) is 0. The maximum atomic E-state index is 5.44. The lowest BCUT2D eigenvalue weighted by atomic mass is 9.95. The van der Waals surface area contributed by atoms with Crippen LogP contribution >= 0.6 is 0 Å². The van der Waals surface area contributed by atoms with Crippen molar-refractivity contribution < 1.29 is 4.74 Å². The summed E-state index contributed by atoms with van der Waals surface area (Å²) in [5.74, 6) is 2.38. The van der Waals surface area contributed by atoms with E-state index in [1.165, 1.54) is 12.2 Å². The van der Waals surface area contributed by atoms with Gasteiger partial charge in [0.1, 0.15) is 0 Å². The lowest BCUT2D eigenvalue weighted by Gasteiger charge is -2.12. The molecule has 1 heterocycles. The Kier molecular flexibility index (Phi) is 1.30. The van der Waals surface area contributed by atoms with Gasteiger partial charge in [0.25, 0.3) is 0 Å². The van der Waals surface area contributed by atoms with E-state index in [1.807, 2.05) is 0 Å². The van der Waals surface area contributed by atoms with Gasteiger partial charge in [-0.15, -0.1) is 0 Å². The molecule has 0 aromatic rings. The van der Waals surface area contributed by atoms with E-state index in [2.05, 4.69) is 25.2 Å². The topological polar surface area (TPSA) is 9.23 Å². The van der Waals surface area contributed by atoms with Gasteiger partial charge in [-0.05, 0) is 18.4 Å². The molecule has 1 aliphatic carbocycles. The van der Waals surface area contributed by atoms with Gasteiger partial charge < -0.3 is 4.74 Å². The van der Waals surface area contributed by atoms with Crippen molar-refractivity contribution in [2.45, 2.75) is 13.3 Å². The Morgan fingerprint density at radius 2 is 2.40 bits per heavy atom. The maximum absolute atomic E-state index is 5.44. The molecular weight excluding hydrogens is 124 g/mol. The average Bonchev–Trinajstić information content (AvgIpc) is 2.33. The van der Waals surface area contributed by atoms with Gasteiger partial charge in [-0.1, -0.05) is 19.1 Å². The zero-order valence-electron chi connectivity index (χ0n) is 6.21. The fourth-order valence-corrected chi connectivity index (χ4v) is 1.54. The van der Waals surface area contributed by atoms with Gasteiger partial charge in [-0.3, -0.25) is 0 Å². The highest BCUT2D eigenvalue weighted by Crippen LogP contribution is 2.30. The van der Waals surface area contributed by atoms with Gasteiger partial charge in [0, 0.05) is 5.92 Å². The molecule has 0 radical (unpaired) electrons. The van der Waals surface area contributed by atoms with Gasteiger partial charge in [0.2, 0.25) is 0 Å². The molecule has 10 heavy (non-hydrogen) atoms. The molecule has 0 aromatic carbocycles. The van der Waals surface area contributed by atoms with Crippen LogP contribution in [0, 0.1) is 11.8 Å². The van der Waals surface area contributed by atoms with E-state index >= 15 is 0 Å². The predicted molar refractivity (Wildman–Crippen MR) is 40.4 cm³/mol. The molecule has 1 aliphatic heterocycles. The third kappa shape index (κ3) is 0.859. The molecule has 0 spiro atoms. The first-order chi connectivity index (χ1) is 4.86. The van der Waals surface area contributed by atoms with Crippen molar-refractivity contribution in [3.8, 4) is 0 Å². The smallest absolute Gasteiger partial charge is 0.0995 e.